The minimum atomic E-state index is -0.0570. The maximum atomic E-state index is 11.7. The van der Waals surface area contributed by atoms with Gasteiger partial charge in [-0.3, -0.25) is 4.79 Å². The third kappa shape index (κ3) is 1.34. The Hall–Kier alpha value is -0.440. The van der Waals surface area contributed by atoms with E-state index in [9.17, 15) is 4.79 Å². The number of ether oxygens (including phenoxy) is 1. The van der Waals surface area contributed by atoms with Crippen molar-refractivity contribution in [2.24, 2.45) is 23.7 Å². The Bertz CT molecular complexity index is 423. The molecule has 0 radical (unpaired) electrons. The fourth-order valence-electron chi connectivity index (χ4n) is 5.03. The van der Waals surface area contributed by atoms with Gasteiger partial charge in [0.1, 0.15) is 5.76 Å². The molecule has 2 nitrogen and oxygen atoms in total. The molecule has 98 valence electrons. The number of hydrogen-bond donors (Lipinski definition) is 0. The normalized spacial score (nSPS) is 49.0. The van der Waals surface area contributed by atoms with E-state index in [1.54, 1.807) is 18.7 Å². The van der Waals surface area contributed by atoms with Crippen molar-refractivity contribution in [3.63, 3.8) is 0 Å². The van der Waals surface area contributed by atoms with E-state index in [0.29, 0.717) is 11.8 Å². The van der Waals surface area contributed by atoms with Crippen LogP contribution in [-0.4, -0.2) is 10.7 Å². The van der Waals surface area contributed by atoms with Gasteiger partial charge in [0.25, 0.3) is 0 Å². The summed E-state index contributed by atoms with van der Waals surface area (Å²) in [5.74, 6) is 4.34. The molecule has 0 aromatic rings. The zero-order valence-corrected chi connectivity index (χ0v) is 11.9. The van der Waals surface area contributed by atoms with Gasteiger partial charge in [-0.1, -0.05) is 11.8 Å². The van der Waals surface area contributed by atoms with Crippen LogP contribution in [0.3, 0.4) is 0 Å². The van der Waals surface area contributed by atoms with Crippen LogP contribution < -0.4 is 0 Å². The molecule has 18 heavy (non-hydrogen) atoms. The molecule has 5 aliphatic rings. The molecule has 0 saturated heterocycles. The lowest BCUT2D eigenvalue weighted by molar-refractivity contribution is -0.124. The highest BCUT2D eigenvalue weighted by atomic mass is 32.2. The Balaban J connectivity index is 1.68. The minimum Gasteiger partial charge on any atom is -0.479 e. The molecule has 4 bridgehead atoms. The van der Waals surface area contributed by atoms with Gasteiger partial charge in [0, 0.05) is 11.8 Å². The molecule has 0 atom stereocenters. The van der Waals surface area contributed by atoms with Crippen LogP contribution in [0.4, 0.5) is 0 Å². The Morgan fingerprint density at radius 1 is 1.17 bits per heavy atom. The van der Waals surface area contributed by atoms with Crippen molar-refractivity contribution >= 4 is 17.5 Å². The summed E-state index contributed by atoms with van der Waals surface area (Å²) in [7, 11) is 0. The molecular weight excluding hydrogens is 244 g/mol. The highest BCUT2D eigenvalue weighted by Crippen LogP contribution is 2.67. The second kappa shape index (κ2) is 3.56. The van der Waals surface area contributed by atoms with Gasteiger partial charge in [0.05, 0.1) is 4.91 Å². The zero-order chi connectivity index (χ0) is 12.5. The predicted molar refractivity (Wildman–Crippen MR) is 71.8 cm³/mol. The van der Waals surface area contributed by atoms with E-state index >= 15 is 0 Å². The van der Waals surface area contributed by atoms with E-state index in [0.717, 1.165) is 22.5 Å². The Morgan fingerprint density at radius 2 is 1.72 bits per heavy atom. The van der Waals surface area contributed by atoms with E-state index in [1.165, 1.54) is 32.1 Å². The summed E-state index contributed by atoms with van der Waals surface area (Å²) in [6, 6.07) is 0. The number of ketones is 1. The van der Waals surface area contributed by atoms with Crippen LogP contribution >= 0.6 is 11.8 Å². The van der Waals surface area contributed by atoms with Crippen LogP contribution in [-0.2, 0) is 9.53 Å². The Kier molecular flexibility index (Phi) is 2.25. The Labute approximate surface area is 113 Å². The molecule has 4 saturated carbocycles. The van der Waals surface area contributed by atoms with Crippen LogP contribution in [0.5, 0.6) is 0 Å². The number of allylic oxidation sites excluding steroid dienone is 2. The van der Waals surface area contributed by atoms with Crippen molar-refractivity contribution in [2.75, 3.05) is 0 Å². The Morgan fingerprint density at radius 3 is 2.17 bits per heavy atom. The fraction of sp³-hybridized carbons (Fsp3) is 0.800. The molecule has 0 amide bonds. The second-order valence-electron chi connectivity index (χ2n) is 6.67. The average Bonchev–Trinajstić information content (AvgIpc) is 2.65. The van der Waals surface area contributed by atoms with Gasteiger partial charge in [-0.15, -0.1) is 0 Å². The molecule has 1 aliphatic heterocycles. The SMILES string of the molecule is CC(=O)C1=C(C)OC2(S1)C1CC3CC(C1)CC2C3. The average molecular weight is 264 g/mol. The summed E-state index contributed by atoms with van der Waals surface area (Å²) in [5.41, 5.74) is 0. The standard InChI is InChI=1S/C15H20O2S/c1-8(16)14-9(2)17-15(18-14)12-4-10-3-11(6-12)7-13(15)5-10/h10-13H,3-7H2,1-2H3. The maximum absolute atomic E-state index is 11.7. The highest BCUT2D eigenvalue weighted by Gasteiger charge is 2.62. The van der Waals surface area contributed by atoms with Crippen molar-refractivity contribution in [3.05, 3.63) is 10.7 Å². The second-order valence-corrected chi connectivity index (χ2v) is 7.92. The summed E-state index contributed by atoms with van der Waals surface area (Å²) in [6.07, 6.45) is 6.79. The fourth-order valence-corrected chi connectivity index (χ4v) is 6.57. The monoisotopic (exact) mass is 264 g/mol. The van der Waals surface area contributed by atoms with Crippen LogP contribution in [0.15, 0.2) is 10.7 Å². The maximum Gasteiger partial charge on any atom is 0.169 e. The lowest BCUT2D eigenvalue weighted by Gasteiger charge is -2.58. The summed E-state index contributed by atoms with van der Waals surface area (Å²) < 4.78 is 6.32. The first-order valence-corrected chi connectivity index (χ1v) is 8.00. The minimum absolute atomic E-state index is 0.0570. The first kappa shape index (κ1) is 11.4. The summed E-state index contributed by atoms with van der Waals surface area (Å²) in [6.45, 7) is 3.65. The summed E-state index contributed by atoms with van der Waals surface area (Å²) in [5, 5.41) is 0. The number of Topliss-reactive ketones (excluding diaryl/α,β-unsaturated/α-hetero) is 1. The molecule has 5 rings (SSSR count). The molecule has 0 N–H and O–H groups in total. The van der Waals surface area contributed by atoms with Crippen LogP contribution in [0.1, 0.15) is 46.0 Å². The molecule has 3 heteroatoms. The topological polar surface area (TPSA) is 26.3 Å². The van der Waals surface area contributed by atoms with Crippen molar-refractivity contribution < 1.29 is 9.53 Å². The first-order valence-electron chi connectivity index (χ1n) is 7.18. The quantitative estimate of drug-likeness (QED) is 0.722. The van der Waals surface area contributed by atoms with Gasteiger partial charge in [0.15, 0.2) is 10.7 Å². The lowest BCUT2D eigenvalue weighted by Crippen LogP contribution is -2.55. The molecule has 4 aliphatic carbocycles. The molecule has 0 aromatic heterocycles. The largest absolute Gasteiger partial charge is 0.479 e. The number of rotatable bonds is 1. The van der Waals surface area contributed by atoms with Gasteiger partial charge >= 0.3 is 0 Å². The van der Waals surface area contributed by atoms with E-state index in [4.69, 9.17) is 4.74 Å². The number of hydrogen-bond acceptors (Lipinski definition) is 3. The molecule has 0 aromatic carbocycles. The molecule has 1 heterocycles. The molecular formula is C15H20O2S. The number of carbonyl (C=O) groups is 1. The van der Waals surface area contributed by atoms with E-state index in [1.807, 2.05) is 6.92 Å². The van der Waals surface area contributed by atoms with Gasteiger partial charge < -0.3 is 4.74 Å². The number of carbonyl (C=O) groups excluding carboxylic acids is 1. The van der Waals surface area contributed by atoms with Crippen molar-refractivity contribution in [1.82, 2.24) is 0 Å². The van der Waals surface area contributed by atoms with Gasteiger partial charge in [-0.2, -0.15) is 0 Å². The van der Waals surface area contributed by atoms with Crippen LogP contribution in [0, 0.1) is 23.7 Å². The van der Waals surface area contributed by atoms with E-state index < -0.39 is 0 Å². The van der Waals surface area contributed by atoms with Crippen molar-refractivity contribution in [2.45, 2.75) is 50.9 Å². The third-order valence-electron chi connectivity index (χ3n) is 5.49. The number of thioether (sulfide) groups is 1. The van der Waals surface area contributed by atoms with Crippen LogP contribution in [0.25, 0.3) is 0 Å². The van der Waals surface area contributed by atoms with Gasteiger partial charge in [-0.05, 0) is 57.8 Å². The van der Waals surface area contributed by atoms with E-state index in [2.05, 4.69) is 0 Å². The van der Waals surface area contributed by atoms with Gasteiger partial charge in [-0.25, -0.2) is 0 Å². The van der Waals surface area contributed by atoms with Gasteiger partial charge in [0.2, 0.25) is 0 Å². The highest BCUT2D eigenvalue weighted by molar-refractivity contribution is 8.05. The predicted octanol–water partition coefficient (Wildman–Crippen LogP) is 3.72. The zero-order valence-electron chi connectivity index (χ0n) is 11.1. The van der Waals surface area contributed by atoms with Crippen LogP contribution in [0.2, 0.25) is 0 Å². The van der Waals surface area contributed by atoms with Crippen molar-refractivity contribution in [1.29, 1.82) is 0 Å². The smallest absolute Gasteiger partial charge is 0.169 e. The molecule has 4 fully saturated rings. The summed E-state index contributed by atoms with van der Waals surface area (Å²) in [4.78, 5) is 12.6. The van der Waals surface area contributed by atoms with E-state index in [-0.39, 0.29) is 10.7 Å². The third-order valence-corrected chi connectivity index (χ3v) is 7.34. The molecule has 0 unspecified atom stereocenters. The first-order chi connectivity index (χ1) is 8.58. The van der Waals surface area contributed by atoms with Crippen molar-refractivity contribution in [3.8, 4) is 0 Å². The summed E-state index contributed by atoms with van der Waals surface area (Å²) >= 11 is 1.77. The lowest BCUT2D eigenvalue weighted by atomic mass is 9.54. The molecule has 1 spiro atoms.